The molecule has 1 aromatic heterocycles. The quantitative estimate of drug-likeness (QED) is 0.507. The van der Waals surface area contributed by atoms with Crippen LogP contribution in [-0.2, 0) is 0 Å². The molecular weight excluding hydrogens is 122 g/mol. The van der Waals surface area contributed by atoms with Crippen LogP contribution in [0.1, 0.15) is 13.8 Å². The molecule has 0 aliphatic carbocycles. The van der Waals surface area contributed by atoms with Gasteiger partial charge in [-0.15, -0.1) is 0 Å². The highest BCUT2D eigenvalue weighted by atomic mass is 14.6. The SMILES string of the molecule is C=c1ncccc1=C(C)C. The van der Waals surface area contributed by atoms with Crippen molar-refractivity contribution >= 4 is 12.2 Å². The number of hydrogen-bond acceptors (Lipinski definition) is 1. The van der Waals surface area contributed by atoms with Crippen molar-refractivity contribution in [1.29, 1.82) is 0 Å². The Kier molecular flexibility index (Phi) is 1.86. The third kappa shape index (κ3) is 1.24. The molecule has 0 aliphatic heterocycles. The molecule has 0 aromatic carbocycles. The highest BCUT2D eigenvalue weighted by Gasteiger charge is 1.82. The van der Waals surface area contributed by atoms with Crippen molar-refractivity contribution in [2.45, 2.75) is 13.8 Å². The summed E-state index contributed by atoms with van der Waals surface area (Å²) >= 11 is 0. The summed E-state index contributed by atoms with van der Waals surface area (Å²) in [7, 11) is 0. The van der Waals surface area contributed by atoms with Gasteiger partial charge in [0.05, 0.1) is 5.35 Å². The minimum atomic E-state index is 0.863. The van der Waals surface area contributed by atoms with Crippen LogP contribution in [0.15, 0.2) is 18.3 Å². The predicted octanol–water partition coefficient (Wildman–Crippen LogP) is 0.682. The van der Waals surface area contributed by atoms with Crippen LogP contribution in [0.4, 0.5) is 0 Å². The summed E-state index contributed by atoms with van der Waals surface area (Å²) in [6, 6.07) is 3.96. The molecule has 0 bridgehead atoms. The van der Waals surface area contributed by atoms with Crippen LogP contribution in [-0.4, -0.2) is 4.98 Å². The molecule has 0 saturated carbocycles. The fraction of sp³-hybridized carbons (Fsp3) is 0.222. The van der Waals surface area contributed by atoms with Crippen molar-refractivity contribution in [1.82, 2.24) is 4.98 Å². The van der Waals surface area contributed by atoms with E-state index in [9.17, 15) is 0 Å². The van der Waals surface area contributed by atoms with Crippen LogP contribution < -0.4 is 10.6 Å². The Labute approximate surface area is 60.7 Å². The van der Waals surface area contributed by atoms with Gasteiger partial charge in [0, 0.05) is 6.20 Å². The molecule has 1 nitrogen and oxygen atoms in total. The van der Waals surface area contributed by atoms with Gasteiger partial charge in [0.1, 0.15) is 0 Å². The highest BCUT2D eigenvalue weighted by molar-refractivity contribution is 5.37. The van der Waals surface area contributed by atoms with Crippen LogP contribution >= 0.6 is 0 Å². The molecule has 1 rings (SSSR count). The predicted molar refractivity (Wildman–Crippen MR) is 43.8 cm³/mol. The van der Waals surface area contributed by atoms with E-state index in [0.717, 1.165) is 10.6 Å². The van der Waals surface area contributed by atoms with Gasteiger partial charge in [-0.2, -0.15) is 0 Å². The third-order valence-corrected chi connectivity index (χ3v) is 1.43. The maximum absolute atomic E-state index is 4.07. The average Bonchev–Trinajstić information content (AvgIpc) is 1.88. The molecule has 52 valence electrons. The van der Waals surface area contributed by atoms with Gasteiger partial charge in [-0.25, -0.2) is 0 Å². The van der Waals surface area contributed by atoms with Gasteiger partial charge in [0.25, 0.3) is 0 Å². The molecule has 0 N–H and O–H groups in total. The minimum absolute atomic E-state index is 0.863. The summed E-state index contributed by atoms with van der Waals surface area (Å²) < 4.78 is 0. The van der Waals surface area contributed by atoms with Crippen molar-refractivity contribution < 1.29 is 0 Å². The molecule has 0 spiro atoms. The number of hydrogen-bond donors (Lipinski definition) is 0. The van der Waals surface area contributed by atoms with Crippen molar-refractivity contribution in [2.24, 2.45) is 0 Å². The van der Waals surface area contributed by atoms with E-state index in [1.807, 2.05) is 12.1 Å². The summed E-state index contributed by atoms with van der Waals surface area (Å²) in [4.78, 5) is 4.07. The summed E-state index contributed by atoms with van der Waals surface area (Å²) in [5.74, 6) is 0. The average molecular weight is 133 g/mol. The molecule has 0 amide bonds. The zero-order valence-electron chi connectivity index (χ0n) is 6.39. The lowest BCUT2D eigenvalue weighted by atomic mass is 10.2. The Bertz CT molecular complexity index is 321. The molecule has 0 unspecified atom stereocenters. The summed E-state index contributed by atoms with van der Waals surface area (Å²) in [5, 5.41) is 2.02. The molecule has 10 heavy (non-hydrogen) atoms. The first-order valence-corrected chi connectivity index (χ1v) is 3.29. The van der Waals surface area contributed by atoms with E-state index in [1.54, 1.807) is 6.20 Å². The van der Waals surface area contributed by atoms with Crippen molar-refractivity contribution in [3.8, 4) is 0 Å². The zero-order valence-corrected chi connectivity index (χ0v) is 6.39. The fourth-order valence-corrected chi connectivity index (χ4v) is 0.893. The molecule has 0 atom stereocenters. The summed E-state index contributed by atoms with van der Waals surface area (Å²) in [5.41, 5.74) is 1.26. The zero-order chi connectivity index (χ0) is 7.56. The molecule has 0 radical (unpaired) electrons. The monoisotopic (exact) mass is 133 g/mol. The highest BCUT2D eigenvalue weighted by Crippen LogP contribution is 1.80. The van der Waals surface area contributed by atoms with Crippen molar-refractivity contribution in [3.63, 3.8) is 0 Å². The largest absolute Gasteiger partial charge is 0.257 e. The lowest BCUT2D eigenvalue weighted by Gasteiger charge is -1.89. The van der Waals surface area contributed by atoms with Gasteiger partial charge in [-0.1, -0.05) is 18.2 Å². The Hall–Kier alpha value is -1.11. The lowest BCUT2D eigenvalue weighted by molar-refractivity contribution is 1.21. The van der Waals surface area contributed by atoms with Gasteiger partial charge in [-0.05, 0) is 25.1 Å². The molecule has 1 aromatic rings. The maximum Gasteiger partial charge on any atom is 0.0629 e. The second-order valence-electron chi connectivity index (χ2n) is 2.50. The molecule has 1 heteroatoms. The molecule has 0 fully saturated rings. The molecule has 0 saturated heterocycles. The molecular formula is C9H11N. The fourth-order valence-electron chi connectivity index (χ4n) is 0.893. The van der Waals surface area contributed by atoms with Gasteiger partial charge >= 0.3 is 0 Å². The van der Waals surface area contributed by atoms with E-state index in [0.29, 0.717) is 0 Å². The van der Waals surface area contributed by atoms with E-state index in [1.165, 1.54) is 5.57 Å². The minimum Gasteiger partial charge on any atom is -0.257 e. The first-order chi connectivity index (χ1) is 4.72. The number of aromatic nitrogens is 1. The number of pyridine rings is 1. The van der Waals surface area contributed by atoms with Crippen LogP contribution in [0.25, 0.3) is 12.2 Å². The van der Waals surface area contributed by atoms with Crippen LogP contribution in [0.3, 0.4) is 0 Å². The first kappa shape index (κ1) is 7.00. The van der Waals surface area contributed by atoms with E-state index in [4.69, 9.17) is 0 Å². The number of rotatable bonds is 0. The second-order valence-corrected chi connectivity index (χ2v) is 2.50. The Morgan fingerprint density at radius 2 is 2.20 bits per heavy atom. The third-order valence-electron chi connectivity index (χ3n) is 1.43. The van der Waals surface area contributed by atoms with Gasteiger partial charge in [-0.3, -0.25) is 4.98 Å². The Balaban J connectivity index is 3.60. The lowest BCUT2D eigenvalue weighted by Crippen LogP contribution is -2.26. The van der Waals surface area contributed by atoms with E-state index >= 15 is 0 Å². The Morgan fingerprint density at radius 3 is 2.60 bits per heavy atom. The smallest absolute Gasteiger partial charge is 0.0629 e. The van der Waals surface area contributed by atoms with E-state index < -0.39 is 0 Å². The van der Waals surface area contributed by atoms with Crippen LogP contribution in [0.5, 0.6) is 0 Å². The molecule has 1 heterocycles. The topological polar surface area (TPSA) is 12.9 Å². The number of nitrogens with zero attached hydrogens (tertiary/aromatic N) is 1. The van der Waals surface area contributed by atoms with Crippen LogP contribution in [0, 0.1) is 0 Å². The van der Waals surface area contributed by atoms with Gasteiger partial charge in [0.2, 0.25) is 0 Å². The summed E-state index contributed by atoms with van der Waals surface area (Å²) in [6.07, 6.45) is 1.76. The van der Waals surface area contributed by atoms with Crippen molar-refractivity contribution in [2.75, 3.05) is 0 Å². The van der Waals surface area contributed by atoms with E-state index in [-0.39, 0.29) is 0 Å². The van der Waals surface area contributed by atoms with Gasteiger partial charge < -0.3 is 0 Å². The maximum atomic E-state index is 4.07. The summed E-state index contributed by atoms with van der Waals surface area (Å²) in [6.45, 7) is 7.93. The van der Waals surface area contributed by atoms with Crippen LogP contribution in [0.2, 0.25) is 0 Å². The van der Waals surface area contributed by atoms with E-state index in [2.05, 4.69) is 25.4 Å². The Morgan fingerprint density at radius 1 is 1.50 bits per heavy atom. The normalized spacial score (nSPS) is 9.40. The molecule has 0 aliphatic rings. The standard InChI is InChI=1S/C9H11N/c1-7(2)9-5-4-6-10-8(9)3/h4-6H,3H2,1-2H3. The van der Waals surface area contributed by atoms with Gasteiger partial charge in [0.15, 0.2) is 0 Å². The van der Waals surface area contributed by atoms with Crippen molar-refractivity contribution in [3.05, 3.63) is 28.9 Å². The first-order valence-electron chi connectivity index (χ1n) is 3.29. The second kappa shape index (κ2) is 2.65.